The van der Waals surface area contributed by atoms with Crippen molar-refractivity contribution in [1.29, 1.82) is 0 Å². The number of anilines is 1. The molecule has 2 aliphatic heterocycles. The number of piperidine rings is 1. The van der Waals surface area contributed by atoms with Crippen LogP contribution in [0.15, 0.2) is 24.3 Å². The molecule has 1 N–H and O–H groups in total. The molecule has 2 aliphatic rings. The van der Waals surface area contributed by atoms with Crippen molar-refractivity contribution >= 4 is 11.7 Å². The number of likely N-dealkylation sites (tertiary alicyclic amines) is 1. The highest BCUT2D eigenvalue weighted by molar-refractivity contribution is 5.75. The fraction of sp³-hybridized carbons (Fsp3) is 0.650. The molecule has 3 rings (SSSR count). The smallest absolute Gasteiger partial charge is 0.317 e. The van der Waals surface area contributed by atoms with Crippen LogP contribution in [0.1, 0.15) is 33.1 Å². The van der Waals surface area contributed by atoms with Gasteiger partial charge in [0.2, 0.25) is 0 Å². The van der Waals surface area contributed by atoms with E-state index in [-0.39, 0.29) is 23.9 Å². The van der Waals surface area contributed by atoms with E-state index >= 15 is 0 Å². The Kier molecular flexibility index (Phi) is 6.35. The summed E-state index contributed by atoms with van der Waals surface area (Å²) >= 11 is 0. The molecule has 2 fully saturated rings. The van der Waals surface area contributed by atoms with Crippen molar-refractivity contribution in [1.82, 2.24) is 15.1 Å². The number of amides is 2. The van der Waals surface area contributed by atoms with Gasteiger partial charge in [-0.25, -0.2) is 9.18 Å². The van der Waals surface area contributed by atoms with Gasteiger partial charge in [0.25, 0.3) is 0 Å². The minimum atomic E-state index is -0.198. The summed E-state index contributed by atoms with van der Waals surface area (Å²) in [5.41, 5.74) is 0.628. The van der Waals surface area contributed by atoms with Crippen LogP contribution >= 0.6 is 0 Å². The number of nitrogens with zero attached hydrogens (tertiary/aromatic N) is 3. The van der Waals surface area contributed by atoms with Gasteiger partial charge >= 0.3 is 6.03 Å². The molecule has 5 nitrogen and oxygen atoms in total. The summed E-state index contributed by atoms with van der Waals surface area (Å²) in [6, 6.07) is 7.21. The molecule has 1 aromatic rings. The highest BCUT2D eigenvalue weighted by Gasteiger charge is 2.30. The van der Waals surface area contributed by atoms with Gasteiger partial charge in [-0.05, 0) is 44.9 Å². The number of para-hydroxylation sites is 1. The van der Waals surface area contributed by atoms with Crippen molar-refractivity contribution in [3.63, 3.8) is 0 Å². The lowest BCUT2D eigenvalue weighted by atomic mass is 10.0. The summed E-state index contributed by atoms with van der Waals surface area (Å²) in [5.74, 6) is -0.198. The van der Waals surface area contributed by atoms with E-state index < -0.39 is 0 Å². The number of hydrogen-bond acceptors (Lipinski definition) is 3. The zero-order valence-electron chi connectivity index (χ0n) is 16.0. The van der Waals surface area contributed by atoms with E-state index in [1.165, 1.54) is 12.5 Å². The molecule has 1 atom stereocenters. The maximum absolute atomic E-state index is 14.0. The fourth-order valence-electron chi connectivity index (χ4n) is 4.06. The Labute approximate surface area is 156 Å². The van der Waals surface area contributed by atoms with Gasteiger partial charge in [-0.3, -0.25) is 0 Å². The van der Waals surface area contributed by atoms with Gasteiger partial charge in [-0.2, -0.15) is 0 Å². The largest absolute Gasteiger partial charge is 0.365 e. The quantitative estimate of drug-likeness (QED) is 0.895. The van der Waals surface area contributed by atoms with E-state index in [2.05, 4.69) is 17.1 Å². The SMILES string of the molecule is CCCN1CCC(NC(=O)N2CCN(c3ccccc3F)CC2C)CC1. The molecule has 0 aliphatic carbocycles. The second-order valence-electron chi connectivity index (χ2n) is 7.51. The van der Waals surface area contributed by atoms with Crippen molar-refractivity contribution in [3.05, 3.63) is 30.1 Å². The Morgan fingerprint density at radius 1 is 1.19 bits per heavy atom. The topological polar surface area (TPSA) is 38.8 Å². The number of hydrogen-bond donors (Lipinski definition) is 1. The van der Waals surface area contributed by atoms with Crippen LogP contribution in [0.4, 0.5) is 14.9 Å². The second-order valence-corrected chi connectivity index (χ2v) is 7.51. The molecule has 2 heterocycles. The molecular weight excluding hydrogens is 331 g/mol. The van der Waals surface area contributed by atoms with Gasteiger partial charge < -0.3 is 20.0 Å². The molecular formula is C20H31FN4O. The molecule has 1 unspecified atom stereocenters. The Morgan fingerprint density at radius 2 is 1.92 bits per heavy atom. The van der Waals surface area contributed by atoms with Crippen LogP contribution in [0.25, 0.3) is 0 Å². The van der Waals surface area contributed by atoms with Gasteiger partial charge in [-0.15, -0.1) is 0 Å². The molecule has 6 heteroatoms. The molecule has 144 valence electrons. The van der Waals surface area contributed by atoms with E-state index in [0.29, 0.717) is 25.3 Å². The molecule has 2 amide bonds. The first kappa shape index (κ1) is 19.0. The molecule has 0 spiro atoms. The number of carbonyl (C=O) groups is 1. The Bertz CT molecular complexity index is 603. The number of urea groups is 1. The summed E-state index contributed by atoms with van der Waals surface area (Å²) < 4.78 is 14.0. The third-order valence-electron chi connectivity index (χ3n) is 5.54. The molecule has 2 saturated heterocycles. The monoisotopic (exact) mass is 362 g/mol. The highest BCUT2D eigenvalue weighted by Crippen LogP contribution is 2.22. The lowest BCUT2D eigenvalue weighted by Crippen LogP contribution is -2.58. The van der Waals surface area contributed by atoms with Gasteiger partial charge in [0.05, 0.1) is 5.69 Å². The zero-order chi connectivity index (χ0) is 18.5. The highest BCUT2D eigenvalue weighted by atomic mass is 19.1. The van der Waals surface area contributed by atoms with Crippen LogP contribution < -0.4 is 10.2 Å². The maximum atomic E-state index is 14.0. The van der Waals surface area contributed by atoms with Gasteiger partial charge in [0.15, 0.2) is 0 Å². The van der Waals surface area contributed by atoms with Gasteiger partial charge in [0.1, 0.15) is 5.82 Å². The Morgan fingerprint density at radius 3 is 2.58 bits per heavy atom. The third kappa shape index (κ3) is 4.47. The maximum Gasteiger partial charge on any atom is 0.317 e. The lowest BCUT2D eigenvalue weighted by molar-refractivity contribution is 0.154. The number of carbonyl (C=O) groups excluding carboxylic acids is 1. The van der Waals surface area contributed by atoms with Crippen molar-refractivity contribution in [3.8, 4) is 0 Å². The number of piperazine rings is 1. The van der Waals surface area contributed by atoms with Crippen molar-refractivity contribution in [2.45, 2.75) is 45.2 Å². The van der Waals surface area contributed by atoms with E-state index in [1.54, 1.807) is 6.07 Å². The van der Waals surface area contributed by atoms with E-state index in [0.717, 1.165) is 32.5 Å². The lowest BCUT2D eigenvalue weighted by Gasteiger charge is -2.42. The van der Waals surface area contributed by atoms with E-state index in [4.69, 9.17) is 0 Å². The van der Waals surface area contributed by atoms with Crippen LogP contribution in [-0.4, -0.2) is 67.2 Å². The first-order valence-electron chi connectivity index (χ1n) is 9.87. The molecule has 0 bridgehead atoms. The van der Waals surface area contributed by atoms with Crippen LogP contribution in [-0.2, 0) is 0 Å². The van der Waals surface area contributed by atoms with Crippen LogP contribution in [0.5, 0.6) is 0 Å². The zero-order valence-corrected chi connectivity index (χ0v) is 16.0. The van der Waals surface area contributed by atoms with Crippen molar-refractivity contribution in [2.75, 3.05) is 44.2 Å². The third-order valence-corrected chi connectivity index (χ3v) is 5.54. The summed E-state index contributed by atoms with van der Waals surface area (Å²) in [5, 5.41) is 3.22. The molecule has 0 saturated carbocycles. The first-order chi connectivity index (χ1) is 12.6. The van der Waals surface area contributed by atoms with Gasteiger partial charge in [0, 0.05) is 44.8 Å². The second kappa shape index (κ2) is 8.71. The molecule has 0 radical (unpaired) electrons. The summed E-state index contributed by atoms with van der Waals surface area (Å²) in [4.78, 5) is 19.1. The van der Waals surface area contributed by atoms with Crippen molar-refractivity contribution in [2.24, 2.45) is 0 Å². The first-order valence-corrected chi connectivity index (χ1v) is 9.87. The summed E-state index contributed by atoms with van der Waals surface area (Å²) in [6.07, 6.45) is 3.23. The number of nitrogens with one attached hydrogen (secondary N) is 1. The number of rotatable bonds is 4. The average Bonchev–Trinajstić information content (AvgIpc) is 2.64. The Balaban J connectivity index is 1.50. The standard InChI is InChI=1S/C20H31FN4O/c1-3-10-23-11-8-17(9-12-23)22-20(26)25-14-13-24(15-16(25)2)19-7-5-4-6-18(19)21/h4-7,16-17H,3,8-15H2,1-2H3,(H,22,26). The molecule has 26 heavy (non-hydrogen) atoms. The van der Waals surface area contributed by atoms with E-state index in [9.17, 15) is 9.18 Å². The minimum Gasteiger partial charge on any atom is -0.365 e. The van der Waals surface area contributed by atoms with Gasteiger partial charge in [-0.1, -0.05) is 19.1 Å². The fourth-order valence-corrected chi connectivity index (χ4v) is 4.06. The summed E-state index contributed by atoms with van der Waals surface area (Å²) in [7, 11) is 0. The summed E-state index contributed by atoms with van der Waals surface area (Å²) in [6.45, 7) is 9.46. The Hall–Kier alpha value is -1.82. The number of benzene rings is 1. The van der Waals surface area contributed by atoms with Crippen LogP contribution in [0.2, 0.25) is 0 Å². The normalized spacial score (nSPS) is 22.5. The van der Waals surface area contributed by atoms with Crippen molar-refractivity contribution < 1.29 is 9.18 Å². The van der Waals surface area contributed by atoms with Crippen LogP contribution in [0, 0.1) is 5.82 Å². The minimum absolute atomic E-state index is 0.0274. The van der Waals surface area contributed by atoms with Crippen LogP contribution in [0.3, 0.4) is 0 Å². The molecule has 1 aromatic carbocycles. The predicted octanol–water partition coefficient (Wildman–Crippen LogP) is 2.92. The van der Waals surface area contributed by atoms with E-state index in [1.807, 2.05) is 28.9 Å². The molecule has 0 aromatic heterocycles. The number of halogens is 1. The predicted molar refractivity (Wildman–Crippen MR) is 103 cm³/mol. The average molecular weight is 362 g/mol.